The van der Waals surface area contributed by atoms with Gasteiger partial charge in [0.25, 0.3) is 0 Å². The predicted molar refractivity (Wildman–Crippen MR) is 128 cm³/mol. The van der Waals surface area contributed by atoms with Crippen molar-refractivity contribution in [3.63, 3.8) is 0 Å². The monoisotopic (exact) mass is 488 g/mol. The Bertz CT molecular complexity index is 1140. The number of hydrogen-bond donors (Lipinski definition) is 0. The summed E-state index contributed by atoms with van der Waals surface area (Å²) in [5.41, 5.74) is 2.03. The lowest BCUT2D eigenvalue weighted by Crippen LogP contribution is -2.48. The van der Waals surface area contributed by atoms with Gasteiger partial charge in [0.2, 0.25) is 16.8 Å². The molecule has 3 heterocycles. The van der Waals surface area contributed by atoms with Crippen LogP contribution in [-0.2, 0) is 23.0 Å². The molecule has 0 unspecified atom stereocenters. The zero-order valence-corrected chi connectivity index (χ0v) is 20.6. The summed E-state index contributed by atoms with van der Waals surface area (Å²) >= 11 is 0. The molecule has 0 atom stereocenters. The fourth-order valence-corrected chi connectivity index (χ4v) is 6.18. The number of piperazine rings is 1. The van der Waals surface area contributed by atoms with Crippen molar-refractivity contribution in [3.8, 4) is 23.0 Å². The minimum absolute atomic E-state index is 0.0799. The van der Waals surface area contributed by atoms with Crippen molar-refractivity contribution in [2.24, 2.45) is 0 Å². The average molecular weight is 489 g/mol. The van der Waals surface area contributed by atoms with E-state index in [2.05, 4.69) is 18.7 Å². The van der Waals surface area contributed by atoms with E-state index in [0.717, 1.165) is 41.3 Å². The maximum atomic E-state index is 12.9. The second-order valence-corrected chi connectivity index (χ2v) is 11.8. The molecule has 0 amide bonds. The van der Waals surface area contributed by atoms with E-state index < -0.39 is 10.0 Å². The second-order valence-electron chi connectivity index (χ2n) is 9.66. The molecule has 0 spiro atoms. The van der Waals surface area contributed by atoms with E-state index in [9.17, 15) is 8.42 Å². The fraction of sp³-hybridized carbons (Fsp3) is 0.520. The lowest BCUT2D eigenvalue weighted by molar-refractivity contribution is 0.132. The van der Waals surface area contributed by atoms with Gasteiger partial charge in [0.1, 0.15) is 5.60 Å². The average Bonchev–Trinajstić information content (AvgIpc) is 3.39. The summed E-state index contributed by atoms with van der Waals surface area (Å²) in [6.07, 6.45) is 1.28. The van der Waals surface area contributed by atoms with Gasteiger partial charge in [0.15, 0.2) is 23.0 Å². The lowest BCUT2D eigenvalue weighted by atomic mass is 10.0. The van der Waals surface area contributed by atoms with Crippen molar-refractivity contribution >= 4 is 10.0 Å². The Kier molecular flexibility index (Phi) is 6.35. The molecule has 2 aromatic carbocycles. The van der Waals surface area contributed by atoms with Crippen LogP contribution in [0, 0.1) is 0 Å². The summed E-state index contributed by atoms with van der Waals surface area (Å²) in [4.78, 5) is 2.27. The minimum Gasteiger partial charge on any atom is -0.490 e. The third-order valence-corrected chi connectivity index (χ3v) is 8.38. The number of fused-ring (bicyclic) bond motifs is 2. The molecule has 1 fully saturated rings. The smallest absolute Gasteiger partial charge is 0.231 e. The summed E-state index contributed by atoms with van der Waals surface area (Å²) in [5.74, 6) is 3.11. The molecule has 1 saturated heterocycles. The summed E-state index contributed by atoms with van der Waals surface area (Å²) < 4.78 is 50.1. The summed E-state index contributed by atoms with van der Waals surface area (Å²) in [6, 6.07) is 11.8. The van der Waals surface area contributed by atoms with Crippen LogP contribution in [0.4, 0.5) is 0 Å². The summed E-state index contributed by atoms with van der Waals surface area (Å²) in [7, 11) is -3.31. The minimum atomic E-state index is -3.31. The second kappa shape index (κ2) is 9.28. The van der Waals surface area contributed by atoms with Crippen LogP contribution < -0.4 is 18.9 Å². The highest BCUT2D eigenvalue weighted by Gasteiger charge is 2.32. The first-order valence-corrected chi connectivity index (χ1v) is 13.4. The van der Waals surface area contributed by atoms with Crippen LogP contribution in [0.15, 0.2) is 36.4 Å². The molecule has 2 aromatic rings. The molecule has 0 aromatic heterocycles. The molecule has 3 aliphatic heterocycles. The molecule has 9 heteroatoms. The van der Waals surface area contributed by atoms with Gasteiger partial charge in [0, 0.05) is 44.7 Å². The van der Waals surface area contributed by atoms with Crippen LogP contribution in [0.1, 0.15) is 31.4 Å². The van der Waals surface area contributed by atoms with Gasteiger partial charge >= 0.3 is 0 Å². The first-order chi connectivity index (χ1) is 16.3. The first-order valence-electron chi connectivity index (χ1n) is 11.8. The van der Waals surface area contributed by atoms with Crippen LogP contribution in [0.2, 0.25) is 0 Å². The molecule has 34 heavy (non-hydrogen) atoms. The molecular formula is C25H32N2O6S. The molecule has 184 valence electrons. The van der Waals surface area contributed by atoms with Crippen molar-refractivity contribution < 1.29 is 27.4 Å². The Labute approximate surface area is 201 Å². The highest BCUT2D eigenvalue weighted by molar-refractivity contribution is 7.89. The molecule has 0 saturated carbocycles. The molecule has 3 aliphatic rings. The van der Waals surface area contributed by atoms with Crippen molar-refractivity contribution in [3.05, 3.63) is 47.5 Å². The fourth-order valence-electron chi connectivity index (χ4n) is 4.72. The van der Waals surface area contributed by atoms with Gasteiger partial charge in [-0.15, -0.1) is 0 Å². The number of hydrogen-bond acceptors (Lipinski definition) is 7. The Hall–Kier alpha value is -2.49. The normalized spacial score (nSPS) is 19.6. The van der Waals surface area contributed by atoms with Crippen molar-refractivity contribution in [2.75, 3.05) is 45.3 Å². The quantitative estimate of drug-likeness (QED) is 0.529. The van der Waals surface area contributed by atoms with Gasteiger partial charge < -0.3 is 18.9 Å². The number of rotatable bonds is 8. The molecule has 0 N–H and O–H groups in total. The number of sulfonamides is 1. The topological polar surface area (TPSA) is 77.5 Å². The maximum Gasteiger partial charge on any atom is 0.231 e. The largest absolute Gasteiger partial charge is 0.490 e. The maximum absolute atomic E-state index is 12.9. The molecular weight excluding hydrogens is 456 g/mol. The Morgan fingerprint density at radius 1 is 1.03 bits per heavy atom. The zero-order chi connectivity index (χ0) is 23.8. The number of nitrogens with zero attached hydrogens (tertiary/aromatic N) is 2. The van der Waals surface area contributed by atoms with Crippen LogP contribution in [0.25, 0.3) is 0 Å². The number of para-hydroxylation sites is 1. The van der Waals surface area contributed by atoms with Crippen molar-refractivity contribution in [2.45, 2.75) is 38.8 Å². The van der Waals surface area contributed by atoms with E-state index in [-0.39, 0.29) is 18.1 Å². The zero-order valence-electron chi connectivity index (χ0n) is 19.8. The Morgan fingerprint density at radius 3 is 2.65 bits per heavy atom. The molecule has 0 aliphatic carbocycles. The van der Waals surface area contributed by atoms with Gasteiger partial charge in [-0.25, -0.2) is 8.42 Å². The number of benzene rings is 2. The lowest BCUT2D eigenvalue weighted by Gasteiger charge is -2.34. The van der Waals surface area contributed by atoms with E-state index in [4.69, 9.17) is 18.9 Å². The third kappa shape index (κ3) is 5.11. The molecule has 0 radical (unpaired) electrons. The number of ether oxygens (including phenoxy) is 4. The van der Waals surface area contributed by atoms with Gasteiger partial charge in [0.05, 0.1) is 12.4 Å². The Morgan fingerprint density at radius 2 is 1.82 bits per heavy atom. The van der Waals surface area contributed by atoms with Gasteiger partial charge in [-0.2, -0.15) is 4.31 Å². The van der Waals surface area contributed by atoms with Gasteiger partial charge in [-0.3, -0.25) is 4.90 Å². The molecule has 0 bridgehead atoms. The van der Waals surface area contributed by atoms with Gasteiger partial charge in [-0.05, 0) is 44.0 Å². The van der Waals surface area contributed by atoms with Crippen LogP contribution >= 0.6 is 0 Å². The summed E-state index contributed by atoms with van der Waals surface area (Å²) in [5, 5.41) is 0. The van der Waals surface area contributed by atoms with Crippen molar-refractivity contribution in [1.82, 2.24) is 9.21 Å². The van der Waals surface area contributed by atoms with E-state index >= 15 is 0 Å². The Balaban J connectivity index is 1.07. The SMILES string of the molecule is CC1(C)Cc2cccc(OCCCS(=O)(=O)N3CCN(Cc4ccc5c(c4)OCO5)CC3)c2O1. The van der Waals surface area contributed by atoms with E-state index in [0.29, 0.717) is 45.0 Å². The van der Waals surface area contributed by atoms with Crippen LogP contribution in [0.5, 0.6) is 23.0 Å². The predicted octanol–water partition coefficient (Wildman–Crippen LogP) is 3.05. The van der Waals surface area contributed by atoms with Crippen LogP contribution in [0.3, 0.4) is 0 Å². The van der Waals surface area contributed by atoms with E-state index in [1.54, 1.807) is 4.31 Å². The third-order valence-electron chi connectivity index (χ3n) is 6.43. The highest BCUT2D eigenvalue weighted by Crippen LogP contribution is 2.41. The molecule has 5 rings (SSSR count). The first kappa shape index (κ1) is 23.3. The van der Waals surface area contributed by atoms with E-state index in [1.165, 1.54) is 0 Å². The van der Waals surface area contributed by atoms with Crippen LogP contribution in [-0.4, -0.2) is 68.6 Å². The van der Waals surface area contributed by atoms with E-state index in [1.807, 2.05) is 36.4 Å². The van der Waals surface area contributed by atoms with Crippen molar-refractivity contribution in [1.29, 1.82) is 0 Å². The highest BCUT2D eigenvalue weighted by atomic mass is 32.2. The standard InChI is InChI=1S/C25H32N2O6S/c1-25(2)16-20-5-3-6-22(24(20)33-25)30-13-4-14-34(28,29)27-11-9-26(10-12-27)17-19-7-8-21-23(15-19)32-18-31-21/h3,5-8,15H,4,9-14,16-18H2,1-2H3. The molecule has 8 nitrogen and oxygen atoms in total. The summed E-state index contributed by atoms with van der Waals surface area (Å²) in [6.45, 7) is 7.88. The van der Waals surface area contributed by atoms with Gasteiger partial charge in [-0.1, -0.05) is 18.2 Å².